The van der Waals surface area contributed by atoms with E-state index >= 15 is 0 Å². The molecule has 0 bridgehead atoms. The number of halogens is 1. The molecule has 0 atom stereocenters. The highest BCUT2D eigenvalue weighted by Gasteiger charge is 2.20. The summed E-state index contributed by atoms with van der Waals surface area (Å²) in [4.78, 5) is 4.02. The van der Waals surface area contributed by atoms with Crippen LogP contribution in [0, 0.1) is 5.82 Å². The molecule has 0 saturated heterocycles. The molecule has 1 heterocycles. The second-order valence-electron chi connectivity index (χ2n) is 5.20. The van der Waals surface area contributed by atoms with Gasteiger partial charge < -0.3 is 11.1 Å². The van der Waals surface area contributed by atoms with E-state index in [1.54, 1.807) is 18.5 Å². The zero-order valence-electron chi connectivity index (χ0n) is 11.2. The highest BCUT2D eigenvalue weighted by molar-refractivity contribution is 5.66. The van der Waals surface area contributed by atoms with E-state index in [2.05, 4.69) is 24.1 Å². The molecule has 0 saturated carbocycles. The van der Waals surface area contributed by atoms with Crippen LogP contribution < -0.4 is 11.1 Å². The van der Waals surface area contributed by atoms with Gasteiger partial charge in [-0.3, -0.25) is 4.98 Å². The van der Waals surface area contributed by atoms with E-state index in [-0.39, 0.29) is 11.2 Å². The molecular formula is C15H18FN3. The molecule has 19 heavy (non-hydrogen) atoms. The Kier molecular flexibility index (Phi) is 3.69. The first-order valence-electron chi connectivity index (χ1n) is 6.18. The van der Waals surface area contributed by atoms with Crippen LogP contribution in [-0.4, -0.2) is 11.5 Å². The van der Waals surface area contributed by atoms with Crippen molar-refractivity contribution in [1.82, 2.24) is 4.98 Å². The largest absolute Gasteiger partial charge is 0.397 e. The number of nitrogens with two attached hydrogens (primary N) is 1. The molecule has 1 aromatic heterocycles. The van der Waals surface area contributed by atoms with Crippen LogP contribution in [0.15, 0.2) is 42.7 Å². The van der Waals surface area contributed by atoms with Crippen molar-refractivity contribution in [1.29, 1.82) is 0 Å². The average Bonchev–Trinajstić information content (AvgIpc) is 2.39. The smallest absolute Gasteiger partial charge is 0.125 e. The molecular weight excluding hydrogens is 241 g/mol. The van der Waals surface area contributed by atoms with Crippen molar-refractivity contribution in [3.63, 3.8) is 0 Å². The molecule has 0 spiro atoms. The van der Waals surface area contributed by atoms with Gasteiger partial charge in [0.1, 0.15) is 5.82 Å². The van der Waals surface area contributed by atoms with Crippen LogP contribution in [0.5, 0.6) is 0 Å². The summed E-state index contributed by atoms with van der Waals surface area (Å²) in [5, 5.41) is 3.27. The monoisotopic (exact) mass is 259 g/mol. The molecule has 0 fully saturated rings. The molecule has 0 amide bonds. The number of benzene rings is 1. The van der Waals surface area contributed by atoms with Gasteiger partial charge in [0.2, 0.25) is 0 Å². The number of pyridine rings is 1. The van der Waals surface area contributed by atoms with Crippen molar-refractivity contribution in [2.24, 2.45) is 0 Å². The number of aromatic nitrogens is 1. The lowest BCUT2D eigenvalue weighted by Crippen LogP contribution is -2.27. The fourth-order valence-electron chi connectivity index (χ4n) is 1.92. The molecule has 0 aliphatic rings. The van der Waals surface area contributed by atoms with Gasteiger partial charge in [-0.2, -0.15) is 0 Å². The van der Waals surface area contributed by atoms with E-state index < -0.39 is 0 Å². The minimum atomic E-state index is -0.323. The lowest BCUT2D eigenvalue weighted by Gasteiger charge is -2.26. The number of hydrogen-bond acceptors (Lipinski definition) is 3. The molecule has 3 N–H and O–H groups in total. The topological polar surface area (TPSA) is 50.9 Å². The van der Waals surface area contributed by atoms with Crippen molar-refractivity contribution in [2.45, 2.75) is 19.3 Å². The second kappa shape index (κ2) is 5.26. The standard InChI is InChI=1S/C15H18FN3/c1-15(2,11-5-7-18-8-6-11)10-19-14-4-3-12(16)9-13(14)17/h3-9,19H,10,17H2,1-2H3. The van der Waals surface area contributed by atoms with Crippen LogP contribution in [0.1, 0.15) is 19.4 Å². The fourth-order valence-corrected chi connectivity index (χ4v) is 1.92. The molecule has 2 aromatic rings. The Bertz CT molecular complexity index is 553. The molecule has 0 radical (unpaired) electrons. The zero-order chi connectivity index (χ0) is 13.9. The zero-order valence-corrected chi connectivity index (χ0v) is 11.2. The third-order valence-electron chi connectivity index (χ3n) is 3.20. The SMILES string of the molecule is CC(C)(CNc1ccc(F)cc1N)c1ccncc1. The summed E-state index contributed by atoms with van der Waals surface area (Å²) in [7, 11) is 0. The van der Waals surface area contributed by atoms with Gasteiger partial charge in [0.15, 0.2) is 0 Å². The average molecular weight is 259 g/mol. The summed E-state index contributed by atoms with van der Waals surface area (Å²) in [6.45, 7) is 4.97. The molecule has 0 unspecified atom stereocenters. The van der Waals surface area contributed by atoms with Crippen molar-refractivity contribution in [3.8, 4) is 0 Å². The maximum absolute atomic E-state index is 13.0. The third-order valence-corrected chi connectivity index (χ3v) is 3.20. The van der Waals surface area contributed by atoms with E-state index in [4.69, 9.17) is 5.73 Å². The minimum absolute atomic E-state index is 0.0657. The van der Waals surface area contributed by atoms with Gasteiger partial charge in [0.25, 0.3) is 0 Å². The number of nitrogen functional groups attached to an aromatic ring is 1. The van der Waals surface area contributed by atoms with Gasteiger partial charge >= 0.3 is 0 Å². The van der Waals surface area contributed by atoms with E-state index in [0.29, 0.717) is 12.2 Å². The summed E-state index contributed by atoms with van der Waals surface area (Å²) in [6, 6.07) is 8.37. The number of rotatable bonds is 4. The summed E-state index contributed by atoms with van der Waals surface area (Å²) in [5.41, 5.74) is 8.08. The van der Waals surface area contributed by atoms with Gasteiger partial charge in [0, 0.05) is 24.4 Å². The molecule has 3 nitrogen and oxygen atoms in total. The predicted octanol–water partition coefficient (Wildman–Crippen LogP) is 3.19. The predicted molar refractivity (Wildman–Crippen MR) is 76.6 cm³/mol. The quantitative estimate of drug-likeness (QED) is 0.829. The van der Waals surface area contributed by atoms with Gasteiger partial charge in [0.05, 0.1) is 11.4 Å². The number of anilines is 2. The van der Waals surface area contributed by atoms with Crippen molar-refractivity contribution in [3.05, 3.63) is 54.1 Å². The van der Waals surface area contributed by atoms with Gasteiger partial charge in [-0.1, -0.05) is 13.8 Å². The summed E-state index contributed by atoms with van der Waals surface area (Å²) < 4.78 is 13.0. The molecule has 2 rings (SSSR count). The molecule has 0 aliphatic heterocycles. The molecule has 1 aromatic carbocycles. The van der Waals surface area contributed by atoms with Gasteiger partial charge in [-0.15, -0.1) is 0 Å². The Balaban J connectivity index is 2.09. The van der Waals surface area contributed by atoms with Crippen LogP contribution in [-0.2, 0) is 5.41 Å². The van der Waals surface area contributed by atoms with Crippen LogP contribution in [0.3, 0.4) is 0 Å². The first kappa shape index (κ1) is 13.3. The number of hydrogen-bond donors (Lipinski definition) is 2. The van der Waals surface area contributed by atoms with Crippen molar-refractivity contribution in [2.75, 3.05) is 17.6 Å². The van der Waals surface area contributed by atoms with Crippen LogP contribution in [0.25, 0.3) is 0 Å². The highest BCUT2D eigenvalue weighted by Crippen LogP contribution is 2.25. The Labute approximate surface area is 112 Å². The second-order valence-corrected chi connectivity index (χ2v) is 5.20. The Morgan fingerprint density at radius 3 is 2.53 bits per heavy atom. The lowest BCUT2D eigenvalue weighted by molar-refractivity contribution is 0.556. The third kappa shape index (κ3) is 3.22. The first-order chi connectivity index (χ1) is 8.99. The van der Waals surface area contributed by atoms with E-state index in [1.165, 1.54) is 17.7 Å². The van der Waals surface area contributed by atoms with Crippen LogP contribution in [0.2, 0.25) is 0 Å². The summed E-state index contributed by atoms with van der Waals surface area (Å²) >= 11 is 0. The lowest BCUT2D eigenvalue weighted by atomic mass is 9.85. The van der Waals surface area contributed by atoms with Crippen molar-refractivity contribution < 1.29 is 4.39 Å². The Morgan fingerprint density at radius 2 is 1.89 bits per heavy atom. The van der Waals surface area contributed by atoms with E-state index in [0.717, 1.165) is 5.69 Å². The highest BCUT2D eigenvalue weighted by atomic mass is 19.1. The van der Waals surface area contributed by atoms with Crippen molar-refractivity contribution >= 4 is 11.4 Å². The molecule has 4 heteroatoms. The first-order valence-corrected chi connectivity index (χ1v) is 6.18. The maximum atomic E-state index is 13.0. The molecule has 100 valence electrons. The maximum Gasteiger partial charge on any atom is 0.125 e. The summed E-state index contributed by atoms with van der Waals surface area (Å²) in [6.07, 6.45) is 3.56. The van der Waals surface area contributed by atoms with Gasteiger partial charge in [-0.05, 0) is 35.9 Å². The summed E-state index contributed by atoms with van der Waals surface area (Å²) in [5.74, 6) is -0.323. The number of nitrogens with one attached hydrogen (secondary N) is 1. The van der Waals surface area contributed by atoms with Crippen LogP contribution in [0.4, 0.5) is 15.8 Å². The normalized spacial score (nSPS) is 11.3. The Hall–Kier alpha value is -2.10. The Morgan fingerprint density at radius 1 is 1.21 bits per heavy atom. The van der Waals surface area contributed by atoms with Crippen LogP contribution >= 0.6 is 0 Å². The molecule has 0 aliphatic carbocycles. The number of nitrogens with zero attached hydrogens (tertiary/aromatic N) is 1. The minimum Gasteiger partial charge on any atom is -0.397 e. The van der Waals surface area contributed by atoms with E-state index in [1.807, 2.05) is 12.1 Å². The van der Waals surface area contributed by atoms with Gasteiger partial charge in [-0.25, -0.2) is 4.39 Å². The van der Waals surface area contributed by atoms with E-state index in [9.17, 15) is 4.39 Å². The fraction of sp³-hybridized carbons (Fsp3) is 0.267.